The Morgan fingerprint density at radius 2 is 2.05 bits per heavy atom. The molecule has 1 aromatic heterocycles. The number of nitrogen functional groups attached to an aromatic ring is 1. The molecule has 0 bridgehead atoms. The second kappa shape index (κ2) is 4.68. The van der Waals surface area contributed by atoms with Crippen LogP contribution in [0, 0.1) is 5.82 Å². The molecule has 3 rings (SSSR count). The van der Waals surface area contributed by atoms with Gasteiger partial charge in [0.05, 0.1) is 27.3 Å². The van der Waals surface area contributed by atoms with E-state index in [-0.39, 0.29) is 11.5 Å². The highest BCUT2D eigenvalue weighted by molar-refractivity contribution is 7.16. The first-order valence-electron chi connectivity index (χ1n) is 5.49. The fraction of sp³-hybridized carbons (Fsp3) is 0. The predicted molar refractivity (Wildman–Crippen MR) is 78.7 cm³/mol. The number of thiazole rings is 1. The molecule has 0 unspecified atom stereocenters. The van der Waals surface area contributed by atoms with Gasteiger partial charge in [0.15, 0.2) is 0 Å². The lowest BCUT2D eigenvalue weighted by atomic mass is 10.2. The van der Waals surface area contributed by atoms with Crippen LogP contribution in [-0.2, 0) is 0 Å². The molecular formula is C13H9ClFN3S. The third-order valence-corrected chi connectivity index (χ3v) is 3.77. The van der Waals surface area contributed by atoms with E-state index in [0.29, 0.717) is 16.4 Å². The summed E-state index contributed by atoms with van der Waals surface area (Å²) in [5, 5.41) is 3.40. The summed E-state index contributed by atoms with van der Waals surface area (Å²) in [5.41, 5.74) is 9.87. The van der Waals surface area contributed by atoms with Gasteiger partial charge in [-0.15, -0.1) is 11.3 Å². The number of halogens is 2. The highest BCUT2D eigenvalue weighted by Gasteiger charge is 2.09. The van der Waals surface area contributed by atoms with E-state index in [0.717, 1.165) is 10.2 Å². The molecule has 3 aromatic rings. The highest BCUT2D eigenvalue weighted by atomic mass is 35.5. The van der Waals surface area contributed by atoms with Crippen molar-refractivity contribution in [3.63, 3.8) is 0 Å². The molecule has 0 spiro atoms. The van der Waals surface area contributed by atoms with Gasteiger partial charge in [-0.1, -0.05) is 11.6 Å². The number of rotatable bonds is 2. The minimum absolute atomic E-state index is 0.286. The Kier molecular flexibility index (Phi) is 3.00. The van der Waals surface area contributed by atoms with Crippen LogP contribution in [0.2, 0.25) is 5.02 Å². The van der Waals surface area contributed by atoms with Crippen LogP contribution in [0.15, 0.2) is 35.8 Å². The highest BCUT2D eigenvalue weighted by Crippen LogP contribution is 2.33. The standard InChI is InChI=1S/C13H9ClFN3S/c14-7-1-2-8(15)10(5-7)18-9-3-4-11-13(12(9)16)17-6-19-11/h1-6,18H,16H2. The minimum Gasteiger partial charge on any atom is -0.395 e. The van der Waals surface area contributed by atoms with E-state index >= 15 is 0 Å². The van der Waals surface area contributed by atoms with Crippen molar-refractivity contribution in [1.29, 1.82) is 0 Å². The molecular weight excluding hydrogens is 285 g/mol. The van der Waals surface area contributed by atoms with Crippen molar-refractivity contribution in [2.75, 3.05) is 11.1 Å². The molecule has 3 nitrogen and oxygen atoms in total. The van der Waals surface area contributed by atoms with Crippen molar-refractivity contribution < 1.29 is 4.39 Å². The molecule has 0 atom stereocenters. The maximum atomic E-state index is 13.7. The van der Waals surface area contributed by atoms with Crippen LogP contribution >= 0.6 is 22.9 Å². The molecule has 0 saturated carbocycles. The molecule has 19 heavy (non-hydrogen) atoms. The van der Waals surface area contributed by atoms with Gasteiger partial charge in [-0.25, -0.2) is 9.37 Å². The predicted octanol–water partition coefficient (Wildman–Crippen LogP) is 4.41. The van der Waals surface area contributed by atoms with Crippen molar-refractivity contribution in [3.8, 4) is 0 Å². The molecule has 2 aromatic carbocycles. The largest absolute Gasteiger partial charge is 0.395 e. The van der Waals surface area contributed by atoms with Crippen LogP contribution in [0.1, 0.15) is 0 Å². The Bertz CT molecular complexity index is 757. The fourth-order valence-corrected chi connectivity index (χ4v) is 2.66. The summed E-state index contributed by atoms with van der Waals surface area (Å²) >= 11 is 7.36. The van der Waals surface area contributed by atoms with Crippen molar-refractivity contribution in [3.05, 3.63) is 46.7 Å². The van der Waals surface area contributed by atoms with Crippen LogP contribution in [0.5, 0.6) is 0 Å². The zero-order valence-corrected chi connectivity index (χ0v) is 11.2. The Labute approximate surface area is 117 Å². The topological polar surface area (TPSA) is 50.9 Å². The first kappa shape index (κ1) is 12.2. The molecule has 96 valence electrons. The van der Waals surface area contributed by atoms with Crippen LogP contribution in [0.25, 0.3) is 10.2 Å². The van der Waals surface area contributed by atoms with Gasteiger partial charge < -0.3 is 11.1 Å². The molecule has 0 aliphatic rings. The number of benzene rings is 2. The summed E-state index contributed by atoms with van der Waals surface area (Å²) in [5.74, 6) is -0.387. The van der Waals surface area contributed by atoms with Crippen molar-refractivity contribution in [2.45, 2.75) is 0 Å². The zero-order valence-electron chi connectivity index (χ0n) is 9.65. The lowest BCUT2D eigenvalue weighted by Crippen LogP contribution is -1.98. The Morgan fingerprint density at radius 1 is 1.21 bits per heavy atom. The minimum atomic E-state index is -0.387. The molecule has 0 aliphatic carbocycles. The summed E-state index contributed by atoms with van der Waals surface area (Å²) in [6.45, 7) is 0. The van der Waals surface area contributed by atoms with Gasteiger partial charge in [0.2, 0.25) is 0 Å². The van der Waals surface area contributed by atoms with E-state index in [1.807, 2.05) is 6.07 Å². The van der Waals surface area contributed by atoms with Crippen LogP contribution in [0.3, 0.4) is 0 Å². The molecule has 3 N–H and O–H groups in total. The second-order valence-corrected chi connectivity index (χ2v) is 5.30. The number of aromatic nitrogens is 1. The summed E-state index contributed by atoms with van der Waals surface area (Å²) in [4.78, 5) is 4.19. The molecule has 6 heteroatoms. The quantitative estimate of drug-likeness (QED) is 0.688. The number of anilines is 3. The average molecular weight is 294 g/mol. The number of hydrogen-bond donors (Lipinski definition) is 2. The normalized spacial score (nSPS) is 10.8. The van der Waals surface area contributed by atoms with Gasteiger partial charge in [-0.2, -0.15) is 0 Å². The van der Waals surface area contributed by atoms with Crippen molar-refractivity contribution in [1.82, 2.24) is 4.98 Å². The van der Waals surface area contributed by atoms with E-state index in [2.05, 4.69) is 10.3 Å². The van der Waals surface area contributed by atoms with Gasteiger partial charge >= 0.3 is 0 Å². The van der Waals surface area contributed by atoms with Crippen LogP contribution < -0.4 is 11.1 Å². The van der Waals surface area contributed by atoms with E-state index in [1.54, 1.807) is 11.6 Å². The number of nitrogens with one attached hydrogen (secondary N) is 1. The van der Waals surface area contributed by atoms with E-state index in [4.69, 9.17) is 17.3 Å². The third-order valence-electron chi connectivity index (χ3n) is 2.74. The number of fused-ring (bicyclic) bond motifs is 1. The van der Waals surface area contributed by atoms with Crippen LogP contribution in [0.4, 0.5) is 21.5 Å². The monoisotopic (exact) mass is 293 g/mol. The molecule has 0 aliphatic heterocycles. The average Bonchev–Trinajstić information content (AvgIpc) is 2.86. The Balaban J connectivity index is 2.05. The molecule has 0 radical (unpaired) electrons. The van der Waals surface area contributed by atoms with Gasteiger partial charge in [0, 0.05) is 5.02 Å². The second-order valence-electron chi connectivity index (χ2n) is 3.98. The number of nitrogens with zero attached hydrogens (tertiary/aromatic N) is 1. The van der Waals surface area contributed by atoms with Gasteiger partial charge in [-0.3, -0.25) is 0 Å². The zero-order chi connectivity index (χ0) is 13.4. The molecule has 0 fully saturated rings. The maximum Gasteiger partial charge on any atom is 0.146 e. The maximum absolute atomic E-state index is 13.7. The first-order chi connectivity index (χ1) is 9.15. The SMILES string of the molecule is Nc1c(Nc2cc(Cl)ccc2F)ccc2scnc12. The van der Waals surface area contributed by atoms with Gasteiger partial charge in [0.1, 0.15) is 11.3 Å². The van der Waals surface area contributed by atoms with Crippen LogP contribution in [-0.4, -0.2) is 4.98 Å². The Hall–Kier alpha value is -1.85. The Morgan fingerprint density at radius 3 is 2.89 bits per heavy atom. The van der Waals surface area contributed by atoms with Crippen molar-refractivity contribution in [2.24, 2.45) is 0 Å². The summed E-state index contributed by atoms with van der Waals surface area (Å²) < 4.78 is 14.7. The molecule has 0 saturated heterocycles. The van der Waals surface area contributed by atoms with E-state index < -0.39 is 0 Å². The van der Waals surface area contributed by atoms with E-state index in [1.165, 1.54) is 29.5 Å². The van der Waals surface area contributed by atoms with Gasteiger partial charge in [-0.05, 0) is 30.3 Å². The lowest BCUT2D eigenvalue weighted by molar-refractivity contribution is 0.632. The fourth-order valence-electron chi connectivity index (χ4n) is 1.80. The summed E-state index contributed by atoms with van der Waals surface area (Å²) in [6.07, 6.45) is 0. The van der Waals surface area contributed by atoms with E-state index in [9.17, 15) is 4.39 Å². The van der Waals surface area contributed by atoms with Crippen molar-refractivity contribution >= 4 is 50.2 Å². The van der Waals surface area contributed by atoms with Gasteiger partial charge in [0.25, 0.3) is 0 Å². The first-order valence-corrected chi connectivity index (χ1v) is 6.74. The smallest absolute Gasteiger partial charge is 0.146 e. The summed E-state index contributed by atoms with van der Waals surface area (Å²) in [7, 11) is 0. The molecule has 1 heterocycles. The lowest BCUT2D eigenvalue weighted by Gasteiger charge is -2.10. The molecule has 0 amide bonds. The summed E-state index contributed by atoms with van der Waals surface area (Å²) in [6, 6.07) is 8.02. The number of hydrogen-bond acceptors (Lipinski definition) is 4. The third kappa shape index (κ3) is 2.22. The number of nitrogens with two attached hydrogens (primary N) is 1.